The van der Waals surface area contributed by atoms with E-state index in [-0.39, 0.29) is 29.9 Å². The third-order valence-corrected chi connectivity index (χ3v) is 7.84. The second kappa shape index (κ2) is 11.6. The van der Waals surface area contributed by atoms with E-state index in [9.17, 15) is 14.3 Å². The fourth-order valence-corrected chi connectivity index (χ4v) is 5.42. The molecule has 0 bridgehead atoms. The molecule has 2 fully saturated rings. The minimum atomic E-state index is -1.06. The van der Waals surface area contributed by atoms with Gasteiger partial charge in [0.2, 0.25) is 5.88 Å². The van der Waals surface area contributed by atoms with E-state index in [1.807, 2.05) is 18.2 Å². The van der Waals surface area contributed by atoms with E-state index in [1.165, 1.54) is 12.4 Å². The molecule has 3 aromatic heterocycles. The monoisotopic (exact) mass is 556 g/mol. The molecule has 2 aliphatic heterocycles. The van der Waals surface area contributed by atoms with Crippen molar-refractivity contribution in [3.63, 3.8) is 0 Å². The second-order valence-corrected chi connectivity index (χ2v) is 10.5. The van der Waals surface area contributed by atoms with Crippen LogP contribution in [0.25, 0.3) is 5.52 Å². The summed E-state index contributed by atoms with van der Waals surface area (Å²) in [7, 11) is 0. The Labute approximate surface area is 236 Å². The molecule has 210 valence electrons. The molecule has 10 nitrogen and oxygen atoms in total. The van der Waals surface area contributed by atoms with Crippen molar-refractivity contribution in [1.82, 2.24) is 24.5 Å². The first kappa shape index (κ1) is 26.8. The number of benzene rings is 1. The summed E-state index contributed by atoms with van der Waals surface area (Å²) in [6, 6.07) is 13.5. The van der Waals surface area contributed by atoms with Gasteiger partial charge in [-0.1, -0.05) is 12.1 Å². The highest BCUT2D eigenvalue weighted by Crippen LogP contribution is 2.30. The number of ether oxygens (including phenoxy) is 2. The molecule has 0 saturated carbocycles. The number of fused-ring (bicyclic) bond motifs is 1. The van der Waals surface area contributed by atoms with Crippen LogP contribution in [0.2, 0.25) is 0 Å². The molecule has 6 rings (SSSR count). The lowest BCUT2D eigenvalue weighted by Gasteiger charge is -2.32. The van der Waals surface area contributed by atoms with Crippen molar-refractivity contribution in [1.29, 1.82) is 5.26 Å². The van der Waals surface area contributed by atoms with Crippen LogP contribution in [-0.2, 0) is 24.3 Å². The summed E-state index contributed by atoms with van der Waals surface area (Å²) in [6.07, 6.45) is 5.11. The van der Waals surface area contributed by atoms with Crippen LogP contribution in [0.5, 0.6) is 5.88 Å². The van der Waals surface area contributed by atoms with Gasteiger partial charge in [0, 0.05) is 48.4 Å². The van der Waals surface area contributed by atoms with Crippen LogP contribution in [0.3, 0.4) is 0 Å². The predicted molar refractivity (Wildman–Crippen MR) is 145 cm³/mol. The highest BCUT2D eigenvalue weighted by atomic mass is 19.1. The number of carboxylic acids is 1. The van der Waals surface area contributed by atoms with Gasteiger partial charge in [0.15, 0.2) is 5.69 Å². The quantitative estimate of drug-likeness (QED) is 0.324. The van der Waals surface area contributed by atoms with E-state index >= 15 is 0 Å². The van der Waals surface area contributed by atoms with Crippen molar-refractivity contribution >= 4 is 11.5 Å². The van der Waals surface area contributed by atoms with Gasteiger partial charge in [-0.05, 0) is 56.6 Å². The average molecular weight is 557 g/mol. The van der Waals surface area contributed by atoms with Crippen LogP contribution >= 0.6 is 0 Å². The predicted octanol–water partition coefficient (Wildman–Crippen LogP) is 4.12. The molecule has 0 aliphatic carbocycles. The van der Waals surface area contributed by atoms with Crippen LogP contribution < -0.4 is 4.74 Å². The SMILES string of the molecule is N#Cc1ccc(COc2cccc(C3CCN(Cc4nn5cnc(C(=O)O)cc5c4CC4CCO4)CC3)n2)c(F)c1. The minimum absolute atomic E-state index is 0.00119. The summed E-state index contributed by atoms with van der Waals surface area (Å²) in [4.78, 5) is 22.6. The Hall–Kier alpha value is -4.40. The number of carboxylic acid groups (broad SMARTS) is 1. The normalized spacial score (nSPS) is 17.7. The molecule has 2 aliphatic rings. The lowest BCUT2D eigenvalue weighted by atomic mass is 9.92. The summed E-state index contributed by atoms with van der Waals surface area (Å²) < 4.78 is 27.4. The fourth-order valence-electron chi connectivity index (χ4n) is 5.42. The first-order valence-corrected chi connectivity index (χ1v) is 13.7. The summed E-state index contributed by atoms with van der Waals surface area (Å²) >= 11 is 0. The number of hydrogen-bond acceptors (Lipinski definition) is 8. The van der Waals surface area contributed by atoms with Crippen LogP contribution in [0.4, 0.5) is 4.39 Å². The van der Waals surface area contributed by atoms with E-state index in [0.29, 0.717) is 24.4 Å². The summed E-state index contributed by atoms with van der Waals surface area (Å²) in [5.74, 6) is -0.823. The molecule has 2 saturated heterocycles. The smallest absolute Gasteiger partial charge is 0.354 e. The van der Waals surface area contributed by atoms with Gasteiger partial charge in [0.25, 0.3) is 0 Å². The number of piperidine rings is 1. The zero-order chi connectivity index (χ0) is 28.3. The second-order valence-electron chi connectivity index (χ2n) is 10.5. The van der Waals surface area contributed by atoms with Gasteiger partial charge in [-0.15, -0.1) is 0 Å². The van der Waals surface area contributed by atoms with E-state index < -0.39 is 11.8 Å². The number of pyridine rings is 1. The maximum absolute atomic E-state index is 14.2. The Bertz CT molecular complexity index is 1620. The average Bonchev–Trinajstić information content (AvgIpc) is 3.30. The number of carbonyl (C=O) groups is 1. The Morgan fingerprint density at radius 2 is 2.02 bits per heavy atom. The van der Waals surface area contributed by atoms with Crippen LogP contribution in [0.1, 0.15) is 63.7 Å². The maximum Gasteiger partial charge on any atom is 0.354 e. The summed E-state index contributed by atoms with van der Waals surface area (Å²) in [5, 5.41) is 23.1. The molecule has 0 radical (unpaired) electrons. The van der Waals surface area contributed by atoms with Crippen molar-refractivity contribution < 1.29 is 23.8 Å². The van der Waals surface area contributed by atoms with Crippen molar-refractivity contribution in [2.75, 3.05) is 19.7 Å². The van der Waals surface area contributed by atoms with Gasteiger partial charge >= 0.3 is 5.97 Å². The number of nitrogens with zero attached hydrogens (tertiary/aromatic N) is 6. The zero-order valence-electron chi connectivity index (χ0n) is 22.4. The molecule has 1 N–H and O–H groups in total. The van der Waals surface area contributed by atoms with Gasteiger partial charge < -0.3 is 14.6 Å². The number of hydrogen-bond donors (Lipinski definition) is 1. The molecule has 1 unspecified atom stereocenters. The minimum Gasteiger partial charge on any atom is -0.477 e. The van der Waals surface area contributed by atoms with Crippen molar-refractivity contribution in [3.8, 4) is 11.9 Å². The lowest BCUT2D eigenvalue weighted by molar-refractivity contribution is -0.0491. The number of aromatic carboxylic acids is 1. The Balaban J connectivity index is 1.10. The first-order chi connectivity index (χ1) is 20.0. The van der Waals surface area contributed by atoms with E-state index in [1.54, 1.807) is 28.8 Å². The topological polar surface area (TPSA) is 126 Å². The maximum atomic E-state index is 14.2. The van der Waals surface area contributed by atoms with Gasteiger partial charge in [0.05, 0.1) is 28.9 Å². The largest absolute Gasteiger partial charge is 0.477 e. The lowest BCUT2D eigenvalue weighted by Crippen LogP contribution is -2.33. The first-order valence-electron chi connectivity index (χ1n) is 13.7. The summed E-state index contributed by atoms with van der Waals surface area (Å²) in [6.45, 7) is 3.16. The third-order valence-electron chi connectivity index (χ3n) is 7.84. The number of halogens is 1. The third kappa shape index (κ3) is 5.89. The van der Waals surface area contributed by atoms with E-state index in [0.717, 1.165) is 61.4 Å². The van der Waals surface area contributed by atoms with Gasteiger partial charge in [-0.2, -0.15) is 10.4 Å². The number of likely N-dealkylation sites (tertiary alicyclic amines) is 1. The molecule has 1 atom stereocenters. The Morgan fingerprint density at radius 1 is 1.20 bits per heavy atom. The standard InChI is InChI=1S/C30H29FN6O4/c31-24-12-19(15-32)4-5-21(24)17-41-29-3-1-2-25(34-29)20-6-9-36(10-7-20)16-27-23(13-22-8-11-40-22)28-14-26(30(38)39)33-18-37(28)35-27/h1-5,12,14,18,20,22H,6-11,13,16-17H2,(H,38,39). The van der Waals surface area contributed by atoms with Crippen LogP contribution in [0.15, 0.2) is 48.8 Å². The fraction of sp³-hybridized carbons (Fsp3) is 0.367. The van der Waals surface area contributed by atoms with Crippen LogP contribution in [0, 0.1) is 17.1 Å². The van der Waals surface area contributed by atoms with Gasteiger partial charge in [0.1, 0.15) is 18.8 Å². The molecule has 0 spiro atoms. The summed E-state index contributed by atoms with van der Waals surface area (Å²) in [5.41, 5.74) is 4.30. The van der Waals surface area contributed by atoms with Gasteiger partial charge in [-0.3, -0.25) is 4.90 Å². The van der Waals surface area contributed by atoms with Crippen LogP contribution in [-0.4, -0.2) is 61.4 Å². The molecule has 0 amide bonds. The van der Waals surface area contributed by atoms with Crippen molar-refractivity contribution in [2.45, 2.75) is 50.9 Å². The number of nitriles is 1. The van der Waals surface area contributed by atoms with Gasteiger partial charge in [-0.25, -0.2) is 23.7 Å². The van der Waals surface area contributed by atoms with E-state index in [2.05, 4.69) is 9.88 Å². The molecule has 1 aromatic carbocycles. The van der Waals surface area contributed by atoms with E-state index in [4.69, 9.17) is 24.8 Å². The molecule has 5 heterocycles. The zero-order valence-corrected chi connectivity index (χ0v) is 22.4. The molecule has 41 heavy (non-hydrogen) atoms. The molecular weight excluding hydrogens is 527 g/mol. The molecule has 4 aromatic rings. The highest BCUT2D eigenvalue weighted by molar-refractivity contribution is 5.87. The Morgan fingerprint density at radius 3 is 2.73 bits per heavy atom. The van der Waals surface area contributed by atoms with Crippen molar-refractivity contribution in [3.05, 3.63) is 88.4 Å². The van der Waals surface area contributed by atoms with Crippen molar-refractivity contribution in [2.24, 2.45) is 0 Å². The molecule has 11 heteroatoms. The molecular formula is C30H29FN6O4. The highest BCUT2D eigenvalue weighted by Gasteiger charge is 2.27. The number of aromatic nitrogens is 4. The Kier molecular flexibility index (Phi) is 7.59. The number of rotatable bonds is 9.